The second kappa shape index (κ2) is 7.11. The van der Waals surface area contributed by atoms with Crippen molar-refractivity contribution in [2.45, 2.75) is 13.2 Å². The highest BCUT2D eigenvalue weighted by atomic mass is 79.9. The van der Waals surface area contributed by atoms with E-state index in [1.807, 2.05) is 36.4 Å². The molecule has 0 atom stereocenters. The minimum atomic E-state index is 0.477. The Morgan fingerprint density at radius 2 is 1.60 bits per heavy atom. The monoisotopic (exact) mass is 399 g/mol. The molecule has 0 aliphatic carbocycles. The fourth-order valence-corrected chi connectivity index (χ4v) is 2.75. The van der Waals surface area contributed by atoms with E-state index in [-0.39, 0.29) is 0 Å². The van der Waals surface area contributed by atoms with Crippen LogP contribution in [0.1, 0.15) is 11.1 Å². The highest BCUT2D eigenvalue weighted by molar-refractivity contribution is 9.11. The minimum Gasteiger partial charge on any atom is -0.496 e. The summed E-state index contributed by atoms with van der Waals surface area (Å²) < 4.78 is 12.8. The van der Waals surface area contributed by atoms with Gasteiger partial charge in [-0.1, -0.05) is 24.3 Å². The number of hydrogen-bond donors (Lipinski definition) is 1. The van der Waals surface area contributed by atoms with E-state index in [0.717, 1.165) is 31.6 Å². The van der Waals surface area contributed by atoms with Gasteiger partial charge in [-0.05, 0) is 55.1 Å². The number of benzene rings is 2. The van der Waals surface area contributed by atoms with E-state index in [9.17, 15) is 0 Å². The third-order valence-electron chi connectivity index (χ3n) is 2.93. The molecule has 2 aromatic carbocycles. The van der Waals surface area contributed by atoms with Crippen LogP contribution in [0, 0.1) is 0 Å². The molecule has 3 nitrogen and oxygen atoms in total. The van der Waals surface area contributed by atoms with Gasteiger partial charge in [-0.25, -0.2) is 0 Å². The van der Waals surface area contributed by atoms with Gasteiger partial charge in [0.25, 0.3) is 0 Å². The molecule has 0 unspecified atom stereocenters. The summed E-state index contributed by atoms with van der Waals surface area (Å²) in [7, 11) is 1.63. The molecule has 0 aliphatic rings. The fraction of sp³-hybridized carbons (Fsp3) is 0.200. The molecule has 0 aliphatic heterocycles. The zero-order valence-electron chi connectivity index (χ0n) is 11.0. The van der Waals surface area contributed by atoms with E-state index >= 15 is 0 Å². The number of methoxy groups -OCH3 is 1. The molecule has 106 valence electrons. The van der Waals surface area contributed by atoms with E-state index in [1.54, 1.807) is 7.11 Å². The molecule has 0 heterocycles. The molecule has 5 heteroatoms. The highest BCUT2D eigenvalue weighted by Gasteiger charge is 2.09. The summed E-state index contributed by atoms with van der Waals surface area (Å²) in [6.45, 7) is 0.984. The van der Waals surface area contributed by atoms with E-state index < -0.39 is 0 Å². The zero-order valence-corrected chi connectivity index (χ0v) is 14.2. The van der Waals surface area contributed by atoms with Crippen LogP contribution in [0.25, 0.3) is 0 Å². The lowest BCUT2D eigenvalue weighted by Crippen LogP contribution is -2.04. The Bertz CT molecular complexity index is 602. The van der Waals surface area contributed by atoms with Crippen LogP contribution in [0.15, 0.2) is 45.3 Å². The van der Waals surface area contributed by atoms with Crippen LogP contribution < -0.4 is 15.2 Å². The number of rotatable bonds is 5. The van der Waals surface area contributed by atoms with Crippen LogP contribution in [-0.4, -0.2) is 7.11 Å². The summed E-state index contributed by atoms with van der Waals surface area (Å²) in [5.74, 6) is 1.51. The van der Waals surface area contributed by atoms with E-state index in [2.05, 4.69) is 31.9 Å². The maximum atomic E-state index is 5.86. The van der Waals surface area contributed by atoms with E-state index in [4.69, 9.17) is 15.2 Å². The first kappa shape index (κ1) is 15.4. The standard InChI is InChI=1S/C15H15Br2NO2/c1-19-14-6-13(17)15(7-12(14)16)20-9-11-5-3-2-4-10(11)8-18/h2-7H,8-9,18H2,1H3. The van der Waals surface area contributed by atoms with Crippen LogP contribution >= 0.6 is 31.9 Å². The first-order chi connectivity index (χ1) is 9.65. The molecule has 0 aromatic heterocycles. The van der Waals surface area contributed by atoms with Crippen molar-refractivity contribution in [3.63, 3.8) is 0 Å². The van der Waals surface area contributed by atoms with Crippen LogP contribution in [0.5, 0.6) is 11.5 Å². The zero-order chi connectivity index (χ0) is 14.5. The summed E-state index contributed by atoms with van der Waals surface area (Å²) >= 11 is 6.93. The highest BCUT2D eigenvalue weighted by Crippen LogP contribution is 2.36. The molecule has 20 heavy (non-hydrogen) atoms. The molecule has 2 aromatic rings. The van der Waals surface area contributed by atoms with Crippen molar-refractivity contribution in [2.75, 3.05) is 7.11 Å². The Morgan fingerprint density at radius 1 is 1.00 bits per heavy atom. The maximum Gasteiger partial charge on any atom is 0.135 e. The van der Waals surface area contributed by atoms with Crippen LogP contribution in [0.4, 0.5) is 0 Å². The van der Waals surface area contributed by atoms with Crippen molar-refractivity contribution in [1.82, 2.24) is 0 Å². The first-order valence-electron chi connectivity index (χ1n) is 6.08. The molecular weight excluding hydrogens is 386 g/mol. The fourth-order valence-electron chi connectivity index (χ4n) is 1.83. The van der Waals surface area contributed by atoms with Crippen molar-refractivity contribution < 1.29 is 9.47 Å². The van der Waals surface area contributed by atoms with Gasteiger partial charge in [-0.2, -0.15) is 0 Å². The molecule has 0 amide bonds. The van der Waals surface area contributed by atoms with Crippen molar-refractivity contribution in [1.29, 1.82) is 0 Å². The molecule has 0 saturated heterocycles. The average molecular weight is 401 g/mol. The van der Waals surface area contributed by atoms with Gasteiger partial charge in [0.05, 0.1) is 16.1 Å². The van der Waals surface area contributed by atoms with Gasteiger partial charge in [0.1, 0.15) is 18.1 Å². The van der Waals surface area contributed by atoms with E-state index in [0.29, 0.717) is 13.2 Å². The Morgan fingerprint density at radius 3 is 2.25 bits per heavy atom. The minimum absolute atomic E-state index is 0.477. The van der Waals surface area contributed by atoms with Crippen LogP contribution in [-0.2, 0) is 13.2 Å². The predicted octanol–water partition coefficient (Wildman–Crippen LogP) is 4.26. The summed E-state index contributed by atoms with van der Waals surface area (Å²) in [5, 5.41) is 0. The van der Waals surface area contributed by atoms with Crippen molar-refractivity contribution in [2.24, 2.45) is 5.73 Å². The summed E-state index contributed by atoms with van der Waals surface area (Å²) in [6.07, 6.45) is 0. The van der Waals surface area contributed by atoms with E-state index in [1.165, 1.54) is 0 Å². The largest absolute Gasteiger partial charge is 0.496 e. The molecule has 0 radical (unpaired) electrons. The second-order valence-electron chi connectivity index (χ2n) is 4.18. The third-order valence-corrected chi connectivity index (χ3v) is 4.17. The van der Waals surface area contributed by atoms with Gasteiger partial charge in [0.2, 0.25) is 0 Å². The molecule has 2 rings (SSSR count). The van der Waals surface area contributed by atoms with Gasteiger partial charge in [-0.15, -0.1) is 0 Å². The SMILES string of the molecule is COc1cc(Br)c(OCc2ccccc2CN)cc1Br. The van der Waals surface area contributed by atoms with Crippen molar-refractivity contribution in [3.05, 3.63) is 56.5 Å². The topological polar surface area (TPSA) is 44.5 Å². The summed E-state index contributed by atoms with van der Waals surface area (Å²) in [4.78, 5) is 0. The smallest absolute Gasteiger partial charge is 0.135 e. The molecule has 0 saturated carbocycles. The van der Waals surface area contributed by atoms with Crippen molar-refractivity contribution in [3.8, 4) is 11.5 Å². The Hall–Kier alpha value is -1.04. The van der Waals surface area contributed by atoms with Gasteiger partial charge in [-0.3, -0.25) is 0 Å². The quantitative estimate of drug-likeness (QED) is 0.815. The van der Waals surface area contributed by atoms with Gasteiger partial charge < -0.3 is 15.2 Å². The van der Waals surface area contributed by atoms with Crippen molar-refractivity contribution >= 4 is 31.9 Å². The predicted molar refractivity (Wildman–Crippen MR) is 87.1 cm³/mol. The number of ether oxygens (including phenoxy) is 2. The molecule has 2 N–H and O–H groups in total. The molecular formula is C15H15Br2NO2. The Balaban J connectivity index is 2.17. The first-order valence-corrected chi connectivity index (χ1v) is 7.67. The van der Waals surface area contributed by atoms with Gasteiger partial charge >= 0.3 is 0 Å². The molecule has 0 bridgehead atoms. The maximum absolute atomic E-state index is 5.86. The summed E-state index contributed by atoms with van der Waals surface area (Å²) in [6, 6.07) is 11.7. The summed E-state index contributed by atoms with van der Waals surface area (Å²) in [5.41, 5.74) is 7.91. The third kappa shape index (κ3) is 3.53. The second-order valence-corrected chi connectivity index (χ2v) is 5.89. The molecule has 0 fully saturated rings. The lowest BCUT2D eigenvalue weighted by atomic mass is 10.1. The number of halogens is 2. The molecule has 0 spiro atoms. The average Bonchev–Trinajstić information content (AvgIpc) is 2.48. The van der Waals surface area contributed by atoms with Crippen LogP contribution in [0.3, 0.4) is 0 Å². The Kier molecular flexibility index (Phi) is 5.46. The lowest BCUT2D eigenvalue weighted by Gasteiger charge is -2.13. The van der Waals surface area contributed by atoms with Crippen LogP contribution in [0.2, 0.25) is 0 Å². The Labute approximate surface area is 135 Å². The van der Waals surface area contributed by atoms with Gasteiger partial charge in [0.15, 0.2) is 0 Å². The van der Waals surface area contributed by atoms with Gasteiger partial charge in [0, 0.05) is 6.54 Å². The lowest BCUT2D eigenvalue weighted by molar-refractivity contribution is 0.302. The normalized spacial score (nSPS) is 10.4. The number of hydrogen-bond acceptors (Lipinski definition) is 3. The number of nitrogens with two attached hydrogens (primary N) is 1.